The van der Waals surface area contributed by atoms with E-state index in [1.54, 1.807) is 0 Å². The smallest absolute Gasteiger partial charge is 0.243 e. The molecule has 1 heterocycles. The van der Waals surface area contributed by atoms with Crippen LogP contribution < -0.4 is 10.2 Å². The summed E-state index contributed by atoms with van der Waals surface area (Å²) in [5.74, 6) is -0.0417. The van der Waals surface area contributed by atoms with E-state index in [0.717, 1.165) is 24.2 Å². The summed E-state index contributed by atoms with van der Waals surface area (Å²) in [4.78, 5) is 14.2. The van der Waals surface area contributed by atoms with Gasteiger partial charge in [-0.05, 0) is 37.5 Å². The molecule has 1 aromatic rings. The summed E-state index contributed by atoms with van der Waals surface area (Å²) in [6.07, 6.45) is 1.13. The zero-order valence-corrected chi connectivity index (χ0v) is 11.4. The number of nitrogens with one attached hydrogen (secondary N) is 1. The molecular formula is C15H19N3O. The molecule has 0 saturated carbocycles. The van der Waals surface area contributed by atoms with E-state index >= 15 is 0 Å². The first-order valence-electron chi connectivity index (χ1n) is 6.62. The predicted molar refractivity (Wildman–Crippen MR) is 74.9 cm³/mol. The maximum absolute atomic E-state index is 12.1. The van der Waals surface area contributed by atoms with Crippen molar-refractivity contribution >= 4 is 11.6 Å². The van der Waals surface area contributed by atoms with Gasteiger partial charge in [-0.3, -0.25) is 4.79 Å². The fourth-order valence-corrected chi connectivity index (χ4v) is 2.48. The minimum atomic E-state index is -0.381. The monoisotopic (exact) mass is 257 g/mol. The predicted octanol–water partition coefficient (Wildman–Crippen LogP) is 1.91. The van der Waals surface area contributed by atoms with E-state index in [0.29, 0.717) is 6.54 Å². The SMILES string of the molecule is Cc1ccc(C)c(N2CCCNC(=O)C2CC#N)c1. The van der Waals surface area contributed by atoms with Gasteiger partial charge in [0.1, 0.15) is 6.04 Å². The van der Waals surface area contributed by atoms with Gasteiger partial charge in [0.05, 0.1) is 12.5 Å². The lowest BCUT2D eigenvalue weighted by atomic mass is 10.1. The van der Waals surface area contributed by atoms with E-state index in [9.17, 15) is 4.79 Å². The molecular weight excluding hydrogens is 238 g/mol. The summed E-state index contributed by atoms with van der Waals surface area (Å²) in [5, 5.41) is 11.8. The van der Waals surface area contributed by atoms with E-state index in [2.05, 4.69) is 34.5 Å². The first-order chi connectivity index (χ1) is 9.13. The van der Waals surface area contributed by atoms with Crippen molar-refractivity contribution in [3.8, 4) is 6.07 Å². The van der Waals surface area contributed by atoms with Crippen LogP contribution in [0.25, 0.3) is 0 Å². The number of nitriles is 1. The van der Waals surface area contributed by atoms with Gasteiger partial charge in [-0.1, -0.05) is 12.1 Å². The van der Waals surface area contributed by atoms with Crippen molar-refractivity contribution in [2.24, 2.45) is 0 Å². The van der Waals surface area contributed by atoms with Gasteiger partial charge in [0.15, 0.2) is 0 Å². The minimum absolute atomic E-state index is 0.0417. The Bertz CT molecular complexity index is 519. The molecule has 19 heavy (non-hydrogen) atoms. The van der Waals surface area contributed by atoms with E-state index in [-0.39, 0.29) is 18.4 Å². The lowest BCUT2D eigenvalue weighted by Gasteiger charge is -2.30. The Labute approximate surface area is 114 Å². The molecule has 1 aliphatic heterocycles. The van der Waals surface area contributed by atoms with E-state index < -0.39 is 0 Å². The van der Waals surface area contributed by atoms with Crippen LogP contribution in [0.5, 0.6) is 0 Å². The highest BCUT2D eigenvalue weighted by atomic mass is 16.2. The number of benzene rings is 1. The Morgan fingerprint density at radius 3 is 3.00 bits per heavy atom. The molecule has 0 aromatic heterocycles. The summed E-state index contributed by atoms with van der Waals surface area (Å²) in [7, 11) is 0. The molecule has 1 N–H and O–H groups in total. The highest BCUT2D eigenvalue weighted by molar-refractivity contribution is 5.86. The van der Waals surface area contributed by atoms with Gasteiger partial charge in [0, 0.05) is 18.8 Å². The summed E-state index contributed by atoms with van der Waals surface area (Å²) in [5.41, 5.74) is 3.38. The van der Waals surface area contributed by atoms with Crippen LogP contribution in [0.3, 0.4) is 0 Å². The van der Waals surface area contributed by atoms with Crippen molar-refractivity contribution in [2.45, 2.75) is 32.7 Å². The van der Waals surface area contributed by atoms with Gasteiger partial charge >= 0.3 is 0 Å². The fraction of sp³-hybridized carbons (Fsp3) is 0.467. The first kappa shape index (κ1) is 13.4. The summed E-state index contributed by atoms with van der Waals surface area (Å²) < 4.78 is 0. The molecule has 4 heteroatoms. The van der Waals surface area contributed by atoms with Crippen LogP contribution in [-0.4, -0.2) is 25.0 Å². The summed E-state index contributed by atoms with van der Waals surface area (Å²) in [6, 6.07) is 7.97. The highest BCUT2D eigenvalue weighted by Gasteiger charge is 2.28. The quantitative estimate of drug-likeness (QED) is 0.880. The molecule has 4 nitrogen and oxygen atoms in total. The van der Waals surface area contributed by atoms with Crippen LogP contribution in [0.2, 0.25) is 0 Å². The van der Waals surface area contributed by atoms with Crippen molar-refractivity contribution < 1.29 is 4.79 Å². The van der Waals surface area contributed by atoms with Gasteiger partial charge in [-0.2, -0.15) is 5.26 Å². The topological polar surface area (TPSA) is 56.1 Å². The van der Waals surface area contributed by atoms with Gasteiger partial charge in [-0.25, -0.2) is 0 Å². The number of nitrogens with zero attached hydrogens (tertiary/aromatic N) is 2. The Hall–Kier alpha value is -2.02. The van der Waals surface area contributed by atoms with Gasteiger partial charge in [0.2, 0.25) is 5.91 Å². The number of carbonyl (C=O) groups excluding carboxylic acids is 1. The largest absolute Gasteiger partial charge is 0.358 e. The van der Waals surface area contributed by atoms with Crippen LogP contribution in [-0.2, 0) is 4.79 Å². The zero-order valence-electron chi connectivity index (χ0n) is 11.4. The number of anilines is 1. The van der Waals surface area contributed by atoms with Crippen LogP contribution in [0, 0.1) is 25.2 Å². The molecule has 100 valence electrons. The van der Waals surface area contributed by atoms with Crippen molar-refractivity contribution in [3.05, 3.63) is 29.3 Å². The van der Waals surface area contributed by atoms with Gasteiger partial charge < -0.3 is 10.2 Å². The van der Waals surface area contributed by atoms with Crippen molar-refractivity contribution in [1.82, 2.24) is 5.32 Å². The molecule has 1 fully saturated rings. The minimum Gasteiger partial charge on any atom is -0.358 e. The maximum atomic E-state index is 12.1. The van der Waals surface area contributed by atoms with Crippen LogP contribution in [0.4, 0.5) is 5.69 Å². The number of aryl methyl sites for hydroxylation is 2. The molecule has 1 saturated heterocycles. The highest BCUT2D eigenvalue weighted by Crippen LogP contribution is 2.25. The summed E-state index contributed by atoms with van der Waals surface area (Å²) >= 11 is 0. The van der Waals surface area contributed by atoms with E-state index in [1.165, 1.54) is 5.56 Å². The molecule has 0 spiro atoms. The molecule has 0 aliphatic carbocycles. The second-order valence-electron chi connectivity index (χ2n) is 5.01. The van der Waals surface area contributed by atoms with E-state index in [1.807, 2.05) is 13.8 Å². The first-order valence-corrected chi connectivity index (χ1v) is 6.62. The average molecular weight is 257 g/mol. The van der Waals surface area contributed by atoms with E-state index in [4.69, 9.17) is 5.26 Å². The molecule has 2 rings (SSSR count). The van der Waals surface area contributed by atoms with Crippen molar-refractivity contribution in [3.63, 3.8) is 0 Å². The molecule has 1 unspecified atom stereocenters. The Morgan fingerprint density at radius 2 is 2.26 bits per heavy atom. The number of amides is 1. The Kier molecular flexibility index (Phi) is 4.06. The normalized spacial score (nSPS) is 19.5. The third kappa shape index (κ3) is 2.87. The average Bonchev–Trinajstić information content (AvgIpc) is 2.56. The Morgan fingerprint density at radius 1 is 1.47 bits per heavy atom. The number of carbonyl (C=O) groups is 1. The number of rotatable bonds is 2. The van der Waals surface area contributed by atoms with Gasteiger partial charge in [-0.15, -0.1) is 0 Å². The fourth-order valence-electron chi connectivity index (χ4n) is 2.48. The second-order valence-corrected chi connectivity index (χ2v) is 5.01. The van der Waals surface area contributed by atoms with Crippen LogP contribution in [0.15, 0.2) is 18.2 Å². The molecule has 0 bridgehead atoms. The standard InChI is InChI=1S/C15H19N3O/c1-11-4-5-12(2)14(10-11)18-9-3-8-17-15(19)13(18)6-7-16/h4-5,10,13H,3,6,8-9H2,1-2H3,(H,17,19). The lowest BCUT2D eigenvalue weighted by Crippen LogP contribution is -2.44. The van der Waals surface area contributed by atoms with Crippen molar-refractivity contribution in [1.29, 1.82) is 5.26 Å². The number of hydrogen-bond donors (Lipinski definition) is 1. The van der Waals surface area contributed by atoms with Gasteiger partial charge in [0.25, 0.3) is 0 Å². The second kappa shape index (κ2) is 5.75. The van der Waals surface area contributed by atoms with Crippen LogP contribution >= 0.6 is 0 Å². The maximum Gasteiger partial charge on any atom is 0.243 e. The van der Waals surface area contributed by atoms with Crippen LogP contribution in [0.1, 0.15) is 24.0 Å². The van der Waals surface area contributed by atoms with Crippen molar-refractivity contribution in [2.75, 3.05) is 18.0 Å². The summed E-state index contributed by atoms with van der Waals surface area (Å²) in [6.45, 7) is 5.57. The molecule has 0 radical (unpaired) electrons. The Balaban J connectivity index is 2.40. The lowest BCUT2D eigenvalue weighted by molar-refractivity contribution is -0.121. The molecule has 1 aliphatic rings. The third-order valence-electron chi connectivity index (χ3n) is 3.51. The molecule has 1 atom stereocenters. The molecule has 1 amide bonds. The molecule has 1 aromatic carbocycles. The third-order valence-corrected chi connectivity index (χ3v) is 3.51. The zero-order chi connectivity index (χ0) is 13.8. The number of hydrogen-bond acceptors (Lipinski definition) is 3.